The molecule has 0 saturated carbocycles. The van der Waals surface area contributed by atoms with E-state index in [1.807, 2.05) is 30.3 Å². The summed E-state index contributed by atoms with van der Waals surface area (Å²) in [6, 6.07) is 17.5. The van der Waals surface area contributed by atoms with Crippen molar-refractivity contribution in [1.29, 1.82) is 0 Å². The molecular formula is C22H29NO3S. The lowest BCUT2D eigenvalue weighted by molar-refractivity contribution is -0.121. The highest BCUT2D eigenvalue weighted by Crippen LogP contribution is 2.15. The van der Waals surface area contributed by atoms with E-state index in [0.29, 0.717) is 31.7 Å². The summed E-state index contributed by atoms with van der Waals surface area (Å²) in [6.07, 6.45) is 1.54. The predicted octanol–water partition coefficient (Wildman–Crippen LogP) is 3.86. The summed E-state index contributed by atoms with van der Waals surface area (Å²) in [6.45, 7) is 4.70. The van der Waals surface area contributed by atoms with Gasteiger partial charge in [-0.3, -0.25) is 4.79 Å². The van der Waals surface area contributed by atoms with Crippen LogP contribution in [0.15, 0.2) is 54.6 Å². The monoisotopic (exact) mass is 387 g/mol. The van der Waals surface area contributed by atoms with Gasteiger partial charge >= 0.3 is 0 Å². The first-order chi connectivity index (χ1) is 12.9. The second-order valence-electron chi connectivity index (χ2n) is 7.18. The van der Waals surface area contributed by atoms with Crippen LogP contribution in [-0.4, -0.2) is 26.6 Å². The predicted molar refractivity (Wildman–Crippen MR) is 110 cm³/mol. The maximum absolute atomic E-state index is 12.1. The minimum Gasteiger partial charge on any atom is -0.356 e. The highest BCUT2D eigenvalue weighted by atomic mass is 32.2. The summed E-state index contributed by atoms with van der Waals surface area (Å²) in [5.41, 5.74) is 3.23. The van der Waals surface area contributed by atoms with Crippen molar-refractivity contribution in [3.05, 3.63) is 71.3 Å². The van der Waals surface area contributed by atoms with E-state index in [1.165, 1.54) is 5.56 Å². The Morgan fingerprint density at radius 1 is 0.963 bits per heavy atom. The van der Waals surface area contributed by atoms with Crippen LogP contribution in [0.2, 0.25) is 0 Å². The van der Waals surface area contributed by atoms with Gasteiger partial charge in [0.15, 0.2) is 9.84 Å². The number of benzene rings is 2. The molecule has 1 N–H and O–H groups in total. The lowest BCUT2D eigenvalue weighted by atomic mass is 10.0. The molecule has 2 rings (SSSR count). The van der Waals surface area contributed by atoms with Crippen molar-refractivity contribution < 1.29 is 13.2 Å². The van der Waals surface area contributed by atoms with Crippen molar-refractivity contribution in [2.45, 2.75) is 44.8 Å². The molecule has 0 aliphatic carbocycles. The fourth-order valence-electron chi connectivity index (χ4n) is 2.84. The zero-order valence-corrected chi connectivity index (χ0v) is 17.0. The quantitative estimate of drug-likeness (QED) is 0.630. The van der Waals surface area contributed by atoms with Crippen LogP contribution >= 0.6 is 0 Å². The van der Waals surface area contributed by atoms with E-state index in [-0.39, 0.29) is 17.4 Å². The third-order valence-corrected chi connectivity index (χ3v) is 6.15. The van der Waals surface area contributed by atoms with Crippen LogP contribution in [0, 0.1) is 0 Å². The first kappa shape index (κ1) is 21.2. The van der Waals surface area contributed by atoms with E-state index >= 15 is 0 Å². The molecule has 5 heteroatoms. The van der Waals surface area contributed by atoms with Gasteiger partial charge in [0.25, 0.3) is 0 Å². The Labute approximate surface area is 162 Å². The van der Waals surface area contributed by atoms with Gasteiger partial charge in [-0.15, -0.1) is 0 Å². The summed E-state index contributed by atoms with van der Waals surface area (Å²) in [5, 5.41) is 2.82. The lowest BCUT2D eigenvalue weighted by Crippen LogP contribution is -2.26. The normalized spacial score (nSPS) is 11.5. The lowest BCUT2D eigenvalue weighted by Gasteiger charge is -2.08. The highest BCUT2D eigenvalue weighted by molar-refractivity contribution is 7.90. The molecule has 2 aromatic carbocycles. The van der Waals surface area contributed by atoms with Crippen molar-refractivity contribution in [1.82, 2.24) is 5.32 Å². The fourth-order valence-corrected chi connectivity index (χ4v) is 4.26. The summed E-state index contributed by atoms with van der Waals surface area (Å²) in [7, 11) is -3.15. The van der Waals surface area contributed by atoms with Crippen molar-refractivity contribution in [3.63, 3.8) is 0 Å². The molecule has 0 spiro atoms. The molecule has 0 radical (unpaired) electrons. The van der Waals surface area contributed by atoms with Crippen molar-refractivity contribution in [3.8, 4) is 0 Å². The molecule has 146 valence electrons. The number of aryl methyl sites for hydroxylation is 1. The highest BCUT2D eigenvalue weighted by Gasteiger charge is 2.12. The summed E-state index contributed by atoms with van der Waals surface area (Å²) < 4.78 is 24.2. The molecule has 0 unspecified atom stereocenters. The van der Waals surface area contributed by atoms with Gasteiger partial charge in [-0.25, -0.2) is 8.42 Å². The third-order valence-electron chi connectivity index (χ3n) is 4.47. The molecule has 1 amide bonds. The Morgan fingerprint density at radius 3 is 2.26 bits per heavy atom. The van der Waals surface area contributed by atoms with E-state index in [9.17, 15) is 13.2 Å². The van der Waals surface area contributed by atoms with E-state index in [2.05, 4.69) is 43.4 Å². The van der Waals surface area contributed by atoms with Gasteiger partial charge in [0.1, 0.15) is 0 Å². The number of hydrogen-bond acceptors (Lipinski definition) is 3. The number of nitrogens with one attached hydrogen (secondary N) is 1. The molecule has 0 aliphatic heterocycles. The van der Waals surface area contributed by atoms with E-state index in [4.69, 9.17) is 0 Å². The molecule has 2 aromatic rings. The van der Waals surface area contributed by atoms with E-state index < -0.39 is 9.84 Å². The Balaban J connectivity index is 1.65. The maximum Gasteiger partial charge on any atom is 0.220 e. The van der Waals surface area contributed by atoms with Crippen LogP contribution < -0.4 is 5.32 Å². The minimum atomic E-state index is -3.15. The van der Waals surface area contributed by atoms with Gasteiger partial charge in [0.2, 0.25) is 5.91 Å². The van der Waals surface area contributed by atoms with Gasteiger partial charge in [-0.05, 0) is 35.4 Å². The molecular weight excluding hydrogens is 358 g/mol. The van der Waals surface area contributed by atoms with Gasteiger partial charge in [0, 0.05) is 13.0 Å². The van der Waals surface area contributed by atoms with Gasteiger partial charge in [-0.1, -0.05) is 68.4 Å². The van der Waals surface area contributed by atoms with Crippen molar-refractivity contribution in [2.75, 3.05) is 12.3 Å². The number of rotatable bonds is 10. The van der Waals surface area contributed by atoms with Crippen molar-refractivity contribution in [2.24, 2.45) is 0 Å². The van der Waals surface area contributed by atoms with Gasteiger partial charge < -0.3 is 5.32 Å². The first-order valence-electron chi connectivity index (χ1n) is 9.45. The number of carbonyl (C=O) groups excluding carboxylic acids is 1. The third kappa shape index (κ3) is 7.95. The number of carbonyl (C=O) groups is 1. The number of hydrogen-bond donors (Lipinski definition) is 1. The Bertz CT molecular complexity index is 812. The zero-order valence-electron chi connectivity index (χ0n) is 16.1. The van der Waals surface area contributed by atoms with Gasteiger partial charge in [-0.2, -0.15) is 0 Å². The van der Waals surface area contributed by atoms with E-state index in [0.717, 1.165) is 11.1 Å². The molecule has 0 saturated heterocycles. The smallest absolute Gasteiger partial charge is 0.220 e. The number of amides is 1. The average Bonchev–Trinajstić information content (AvgIpc) is 2.64. The Kier molecular flexibility index (Phi) is 8.04. The fraction of sp³-hybridized carbons (Fsp3) is 0.409. The molecule has 0 bridgehead atoms. The molecule has 0 aromatic heterocycles. The van der Waals surface area contributed by atoms with E-state index in [1.54, 1.807) is 0 Å². The first-order valence-corrected chi connectivity index (χ1v) is 11.3. The van der Waals surface area contributed by atoms with Crippen LogP contribution in [0.1, 0.15) is 49.3 Å². The molecule has 0 aliphatic rings. The second-order valence-corrected chi connectivity index (χ2v) is 9.36. The summed E-state index contributed by atoms with van der Waals surface area (Å²) >= 11 is 0. The average molecular weight is 388 g/mol. The maximum atomic E-state index is 12.1. The Hall–Kier alpha value is -2.14. The standard InChI is InChI=1S/C22H29NO3S/c1-18(2)21-12-9-19(10-13-21)11-14-22(24)23-15-6-16-27(25,26)17-20-7-4-3-5-8-20/h3-5,7-10,12-13,18H,6,11,14-17H2,1-2H3,(H,23,24). The van der Waals surface area contributed by atoms with Crippen molar-refractivity contribution >= 4 is 15.7 Å². The van der Waals surface area contributed by atoms with Crippen LogP contribution in [0.3, 0.4) is 0 Å². The largest absolute Gasteiger partial charge is 0.356 e. The van der Waals surface area contributed by atoms with Crippen LogP contribution in [0.25, 0.3) is 0 Å². The molecule has 0 fully saturated rings. The molecule has 0 heterocycles. The molecule has 4 nitrogen and oxygen atoms in total. The Morgan fingerprint density at radius 2 is 1.63 bits per heavy atom. The molecule has 0 atom stereocenters. The SMILES string of the molecule is CC(C)c1ccc(CCC(=O)NCCCS(=O)(=O)Cc2ccccc2)cc1. The minimum absolute atomic E-state index is 0.0385. The number of sulfone groups is 1. The van der Waals surface area contributed by atoms with Crippen LogP contribution in [-0.2, 0) is 26.8 Å². The molecule has 27 heavy (non-hydrogen) atoms. The van der Waals surface area contributed by atoms with Crippen LogP contribution in [0.5, 0.6) is 0 Å². The zero-order chi connectivity index (χ0) is 19.7. The summed E-state index contributed by atoms with van der Waals surface area (Å²) in [4.78, 5) is 11.9. The van der Waals surface area contributed by atoms with Gasteiger partial charge in [0.05, 0.1) is 11.5 Å². The second kappa shape index (κ2) is 10.3. The topological polar surface area (TPSA) is 63.2 Å². The van der Waals surface area contributed by atoms with Crippen LogP contribution in [0.4, 0.5) is 0 Å². The summed E-state index contributed by atoms with van der Waals surface area (Å²) in [5.74, 6) is 0.594.